The van der Waals surface area contributed by atoms with Gasteiger partial charge in [-0.05, 0) is 44.9 Å². The van der Waals surface area contributed by atoms with Crippen molar-refractivity contribution in [3.63, 3.8) is 0 Å². The Morgan fingerprint density at radius 3 is 1.19 bits per heavy atom. The van der Waals surface area contributed by atoms with Crippen LogP contribution in [0.25, 0.3) is 0 Å². The molecule has 1 rings (SSSR count). The maximum Gasteiger partial charge on any atom is 0.472 e. The van der Waals surface area contributed by atoms with Crippen molar-refractivity contribution in [3.05, 3.63) is 24.3 Å². The van der Waals surface area contributed by atoms with Crippen LogP contribution in [-0.2, 0) is 32.7 Å². The van der Waals surface area contributed by atoms with Crippen molar-refractivity contribution >= 4 is 19.8 Å². The molecule has 0 heterocycles. The third-order valence-electron chi connectivity index (χ3n) is 13.3. The smallest absolute Gasteiger partial charge is 0.462 e. The predicted octanol–water partition coefficient (Wildman–Crippen LogP) is 12.7. The summed E-state index contributed by atoms with van der Waals surface area (Å²) in [4.78, 5) is 35.9. The number of phosphoric acid groups is 1. The van der Waals surface area contributed by atoms with E-state index in [1.807, 2.05) is 0 Å². The lowest BCUT2D eigenvalue weighted by Gasteiger charge is -2.41. The van der Waals surface area contributed by atoms with Gasteiger partial charge in [0.05, 0.1) is 6.61 Å². The molecule has 406 valence electrons. The summed E-state index contributed by atoms with van der Waals surface area (Å²) in [5, 5.41) is 50.3. The van der Waals surface area contributed by atoms with E-state index < -0.39 is 75.7 Å². The van der Waals surface area contributed by atoms with Gasteiger partial charge in [0, 0.05) is 12.8 Å². The van der Waals surface area contributed by atoms with Gasteiger partial charge in [-0.25, -0.2) is 4.57 Å². The number of carbonyl (C=O) groups is 2. The summed E-state index contributed by atoms with van der Waals surface area (Å²) in [6.45, 7) is 3.32. The molecule has 1 aliphatic rings. The molecule has 0 aromatic heterocycles. The van der Waals surface area contributed by atoms with Gasteiger partial charge < -0.3 is 39.9 Å². The summed E-state index contributed by atoms with van der Waals surface area (Å²) in [5.41, 5.74) is 0. The van der Waals surface area contributed by atoms with Crippen LogP contribution in [0.5, 0.6) is 0 Å². The quantitative estimate of drug-likeness (QED) is 0.0145. The Hall–Kier alpha value is -1.67. The van der Waals surface area contributed by atoms with E-state index in [0.717, 1.165) is 64.2 Å². The summed E-state index contributed by atoms with van der Waals surface area (Å²) >= 11 is 0. The molecule has 14 heteroatoms. The molecule has 6 atom stereocenters. The van der Waals surface area contributed by atoms with E-state index in [2.05, 4.69) is 38.2 Å². The van der Waals surface area contributed by atoms with Crippen LogP contribution in [0.2, 0.25) is 0 Å². The number of unbranched alkanes of at least 4 members (excludes halogenated alkanes) is 32. The van der Waals surface area contributed by atoms with Gasteiger partial charge in [0.2, 0.25) is 0 Å². The zero-order valence-corrected chi connectivity index (χ0v) is 44.5. The summed E-state index contributed by atoms with van der Waals surface area (Å²) in [5.74, 6) is -1.10. The Labute approximate surface area is 419 Å². The van der Waals surface area contributed by atoms with E-state index >= 15 is 0 Å². The molecule has 6 unspecified atom stereocenters. The first-order valence-electron chi connectivity index (χ1n) is 28.1. The first kappa shape index (κ1) is 65.3. The van der Waals surface area contributed by atoms with Crippen LogP contribution in [-0.4, -0.2) is 98.3 Å². The molecule has 69 heavy (non-hydrogen) atoms. The SMILES string of the molecule is CCCCCC/C=C\C/C=C\CCCCCCCC(=O)OC(COC(=O)CCCCCCCCCCCCCCCCCCCCCCCCCC)COP(=O)(O)OC1C(O)C(O)C(O)C(O)C1O. The average Bonchev–Trinajstić information content (AvgIpc) is 3.33. The van der Waals surface area contributed by atoms with Crippen LogP contribution in [0, 0.1) is 0 Å². The summed E-state index contributed by atoms with van der Waals surface area (Å²) in [6, 6.07) is 0. The fourth-order valence-corrected chi connectivity index (χ4v) is 9.76. The molecule has 0 aliphatic heterocycles. The van der Waals surface area contributed by atoms with E-state index in [9.17, 15) is 44.6 Å². The van der Waals surface area contributed by atoms with Crippen LogP contribution >= 0.6 is 7.82 Å². The number of ether oxygens (including phenoxy) is 2. The largest absolute Gasteiger partial charge is 0.472 e. The molecule has 6 N–H and O–H groups in total. The van der Waals surface area contributed by atoms with E-state index in [4.69, 9.17) is 18.5 Å². The monoisotopic (exact) mass is 1000 g/mol. The molecule has 0 saturated heterocycles. The molecule has 13 nitrogen and oxygen atoms in total. The zero-order valence-electron chi connectivity index (χ0n) is 43.6. The fourth-order valence-electron chi connectivity index (χ4n) is 8.79. The van der Waals surface area contributed by atoms with Crippen molar-refractivity contribution in [3.8, 4) is 0 Å². The number of hydrogen-bond acceptors (Lipinski definition) is 12. The number of carbonyl (C=O) groups excluding carboxylic acids is 2. The van der Waals surface area contributed by atoms with E-state index in [0.29, 0.717) is 12.8 Å². The molecule has 1 aliphatic carbocycles. The highest BCUT2D eigenvalue weighted by Crippen LogP contribution is 2.47. The van der Waals surface area contributed by atoms with E-state index in [1.165, 1.54) is 154 Å². The Morgan fingerprint density at radius 1 is 0.449 bits per heavy atom. The number of rotatable bonds is 48. The highest BCUT2D eigenvalue weighted by Gasteiger charge is 2.51. The van der Waals surface area contributed by atoms with Crippen LogP contribution in [0.15, 0.2) is 24.3 Å². The number of aliphatic hydroxyl groups excluding tert-OH is 5. The molecule has 0 radical (unpaired) electrons. The van der Waals surface area contributed by atoms with Crippen molar-refractivity contribution in [1.82, 2.24) is 0 Å². The van der Waals surface area contributed by atoms with Crippen molar-refractivity contribution < 1.29 is 63.1 Å². The van der Waals surface area contributed by atoms with Gasteiger partial charge in [-0.15, -0.1) is 0 Å². The predicted molar refractivity (Wildman–Crippen MR) is 277 cm³/mol. The maximum atomic E-state index is 12.9. The molecule has 0 amide bonds. The lowest BCUT2D eigenvalue weighted by atomic mass is 9.85. The second kappa shape index (κ2) is 45.0. The van der Waals surface area contributed by atoms with Crippen LogP contribution in [0.1, 0.15) is 258 Å². The minimum atomic E-state index is -5.13. The third kappa shape index (κ3) is 36.8. The first-order chi connectivity index (χ1) is 33.4. The van der Waals surface area contributed by atoms with Gasteiger partial charge in [-0.1, -0.05) is 224 Å². The van der Waals surface area contributed by atoms with Gasteiger partial charge in [0.1, 0.15) is 43.2 Å². The Balaban J connectivity index is 2.32. The molecule has 0 spiro atoms. The summed E-state index contributed by atoms with van der Waals surface area (Å²) in [7, 11) is -5.13. The fraction of sp³-hybridized carbons (Fsp3) is 0.891. The number of phosphoric ester groups is 1. The molecule has 0 aromatic rings. The Kier molecular flexibility index (Phi) is 42.6. The van der Waals surface area contributed by atoms with Gasteiger partial charge >= 0.3 is 19.8 Å². The van der Waals surface area contributed by atoms with Crippen LogP contribution in [0.4, 0.5) is 0 Å². The van der Waals surface area contributed by atoms with Crippen molar-refractivity contribution in [1.29, 1.82) is 0 Å². The number of allylic oxidation sites excluding steroid dienone is 4. The number of hydrogen-bond donors (Lipinski definition) is 6. The highest BCUT2D eigenvalue weighted by molar-refractivity contribution is 7.47. The van der Waals surface area contributed by atoms with Gasteiger partial charge in [-0.3, -0.25) is 18.6 Å². The summed E-state index contributed by atoms with van der Waals surface area (Å²) < 4.78 is 33.7. The van der Waals surface area contributed by atoms with Gasteiger partial charge in [0.15, 0.2) is 6.10 Å². The van der Waals surface area contributed by atoms with Crippen molar-refractivity contribution in [2.24, 2.45) is 0 Å². The standard InChI is InChI=1S/C55H103O13P/c1-3-5-7-9-11-13-15-17-19-21-22-23-24-25-26-27-28-30-31-33-35-37-39-41-43-48(56)65-45-47(46-66-69(63,64)68-55-53(61)51(59)50(58)52(60)54(55)62)67-49(57)44-42-40-38-36-34-32-29-20-18-16-14-12-10-8-6-4-2/h14,16,20,29,47,50-55,58-62H,3-13,15,17-19,21-28,30-46H2,1-2H3,(H,63,64)/b16-14-,29-20-. The molecule has 1 fully saturated rings. The van der Waals surface area contributed by atoms with E-state index in [-0.39, 0.29) is 12.8 Å². The lowest BCUT2D eigenvalue weighted by molar-refractivity contribution is -0.220. The molecule has 0 bridgehead atoms. The van der Waals surface area contributed by atoms with Gasteiger partial charge in [0.25, 0.3) is 0 Å². The van der Waals surface area contributed by atoms with Crippen molar-refractivity contribution in [2.45, 2.75) is 301 Å². The molecular weight excluding hydrogens is 900 g/mol. The normalized spacial score (nSPS) is 21.0. The minimum absolute atomic E-state index is 0.0838. The van der Waals surface area contributed by atoms with E-state index in [1.54, 1.807) is 0 Å². The lowest BCUT2D eigenvalue weighted by Crippen LogP contribution is -2.64. The molecule has 0 aromatic carbocycles. The second-order valence-corrected chi connectivity index (χ2v) is 21.2. The zero-order chi connectivity index (χ0) is 50.6. The second-order valence-electron chi connectivity index (χ2n) is 19.8. The van der Waals surface area contributed by atoms with Gasteiger partial charge in [-0.2, -0.15) is 0 Å². The number of esters is 2. The molecule has 1 saturated carbocycles. The number of aliphatic hydroxyl groups is 5. The maximum absolute atomic E-state index is 12.9. The minimum Gasteiger partial charge on any atom is -0.462 e. The Morgan fingerprint density at radius 2 is 0.783 bits per heavy atom. The highest BCUT2D eigenvalue weighted by atomic mass is 31.2. The average molecular weight is 1000 g/mol. The first-order valence-corrected chi connectivity index (χ1v) is 29.6. The van der Waals surface area contributed by atoms with Crippen LogP contribution in [0.3, 0.4) is 0 Å². The molecular formula is C55H103O13P. The summed E-state index contributed by atoms with van der Waals surface area (Å²) in [6.07, 6.45) is 39.5. The topological polar surface area (TPSA) is 210 Å². The Bertz CT molecular complexity index is 1300. The third-order valence-corrected chi connectivity index (χ3v) is 14.3. The van der Waals surface area contributed by atoms with Crippen LogP contribution < -0.4 is 0 Å². The van der Waals surface area contributed by atoms with Crippen molar-refractivity contribution in [2.75, 3.05) is 13.2 Å².